The largest absolute Gasteiger partial charge is 0.467 e. The zero-order valence-electron chi connectivity index (χ0n) is 16.0. The van der Waals surface area contributed by atoms with Crippen LogP contribution in [-0.2, 0) is 24.2 Å². The molecule has 2 heterocycles. The van der Waals surface area contributed by atoms with E-state index in [0.29, 0.717) is 18.1 Å². The molecule has 4 nitrogen and oxygen atoms in total. The summed E-state index contributed by atoms with van der Waals surface area (Å²) in [7, 11) is 0. The van der Waals surface area contributed by atoms with Crippen molar-refractivity contribution in [2.24, 2.45) is 0 Å². The van der Waals surface area contributed by atoms with Crippen LogP contribution in [0.1, 0.15) is 29.4 Å². The van der Waals surface area contributed by atoms with Crippen molar-refractivity contribution in [3.8, 4) is 0 Å². The van der Waals surface area contributed by atoms with E-state index in [4.69, 9.17) is 9.40 Å². The Bertz CT molecular complexity index is 1080. The van der Waals surface area contributed by atoms with Gasteiger partial charge in [-0.2, -0.15) is 0 Å². The Kier molecular flexibility index (Phi) is 5.26. The second-order valence-corrected chi connectivity index (χ2v) is 7.88. The molecule has 0 aliphatic heterocycles. The van der Waals surface area contributed by atoms with E-state index in [1.54, 1.807) is 22.5 Å². The number of rotatable bonds is 6. The smallest absolute Gasteiger partial charge is 0.233 e. The van der Waals surface area contributed by atoms with Crippen molar-refractivity contribution < 1.29 is 9.21 Å². The molecule has 0 aliphatic carbocycles. The van der Waals surface area contributed by atoms with E-state index < -0.39 is 0 Å². The number of carbonyl (C=O) groups is 1. The lowest BCUT2D eigenvalue weighted by atomic mass is 10.1. The summed E-state index contributed by atoms with van der Waals surface area (Å²) in [6, 6.07) is 18.1. The van der Waals surface area contributed by atoms with Crippen LogP contribution in [-0.4, -0.2) is 10.9 Å². The predicted molar refractivity (Wildman–Crippen MR) is 114 cm³/mol. The van der Waals surface area contributed by atoms with Crippen LogP contribution in [0.4, 0.5) is 5.13 Å². The van der Waals surface area contributed by atoms with Crippen molar-refractivity contribution in [3.05, 3.63) is 83.3 Å². The lowest BCUT2D eigenvalue weighted by molar-refractivity contribution is -0.118. The first-order valence-corrected chi connectivity index (χ1v) is 10.2. The second kappa shape index (κ2) is 7.98. The Morgan fingerprint density at radius 2 is 1.89 bits per heavy atom. The molecule has 2 aromatic carbocycles. The molecule has 142 valence electrons. The average molecular weight is 391 g/mol. The molecule has 0 radical (unpaired) electrons. The Morgan fingerprint density at radius 1 is 1.11 bits per heavy atom. The van der Waals surface area contributed by atoms with Gasteiger partial charge in [0.1, 0.15) is 5.76 Å². The maximum absolute atomic E-state index is 13.2. The molecule has 0 N–H and O–H groups in total. The highest BCUT2D eigenvalue weighted by Crippen LogP contribution is 2.31. The van der Waals surface area contributed by atoms with E-state index in [2.05, 4.69) is 19.1 Å². The van der Waals surface area contributed by atoms with Gasteiger partial charge < -0.3 is 4.42 Å². The monoisotopic (exact) mass is 390 g/mol. The van der Waals surface area contributed by atoms with Gasteiger partial charge in [-0.3, -0.25) is 9.69 Å². The maximum Gasteiger partial charge on any atom is 0.233 e. The van der Waals surface area contributed by atoms with E-state index in [1.165, 1.54) is 11.1 Å². The van der Waals surface area contributed by atoms with Gasteiger partial charge in [0.05, 0.1) is 29.4 Å². The number of carbonyl (C=O) groups excluding carboxylic acids is 1. The van der Waals surface area contributed by atoms with Crippen molar-refractivity contribution in [3.63, 3.8) is 0 Å². The van der Waals surface area contributed by atoms with E-state index in [9.17, 15) is 4.79 Å². The average Bonchev–Trinajstić information content (AvgIpc) is 3.36. The van der Waals surface area contributed by atoms with Crippen molar-refractivity contribution in [2.75, 3.05) is 4.90 Å². The van der Waals surface area contributed by atoms with Crippen LogP contribution >= 0.6 is 11.3 Å². The Hall–Kier alpha value is -2.92. The number of hydrogen-bond acceptors (Lipinski definition) is 4. The molecule has 0 spiro atoms. The molecule has 4 rings (SSSR count). The molecular formula is C23H22N2O2S. The van der Waals surface area contributed by atoms with Gasteiger partial charge in [-0.1, -0.05) is 54.2 Å². The maximum atomic E-state index is 13.2. The zero-order valence-corrected chi connectivity index (χ0v) is 16.8. The van der Waals surface area contributed by atoms with Crippen molar-refractivity contribution in [1.82, 2.24) is 4.98 Å². The molecule has 0 bridgehead atoms. The molecular weight excluding hydrogens is 368 g/mol. The van der Waals surface area contributed by atoms with Gasteiger partial charge in [-0.05, 0) is 48.7 Å². The highest BCUT2D eigenvalue weighted by Gasteiger charge is 2.21. The van der Waals surface area contributed by atoms with Crippen LogP contribution in [0.25, 0.3) is 10.2 Å². The molecule has 0 unspecified atom stereocenters. The van der Waals surface area contributed by atoms with Gasteiger partial charge in [-0.15, -0.1) is 0 Å². The summed E-state index contributed by atoms with van der Waals surface area (Å²) < 4.78 is 6.59. The first kappa shape index (κ1) is 18.4. The molecule has 0 aliphatic rings. The number of benzene rings is 2. The molecule has 0 saturated carbocycles. The van der Waals surface area contributed by atoms with Gasteiger partial charge in [-0.25, -0.2) is 4.98 Å². The number of fused-ring (bicyclic) bond motifs is 1. The molecule has 2 aromatic heterocycles. The molecule has 4 aromatic rings. The molecule has 1 amide bonds. The van der Waals surface area contributed by atoms with Crippen LogP contribution in [0, 0.1) is 6.92 Å². The minimum absolute atomic E-state index is 0.00928. The van der Waals surface area contributed by atoms with Crippen molar-refractivity contribution in [1.29, 1.82) is 0 Å². The minimum atomic E-state index is 0.00928. The minimum Gasteiger partial charge on any atom is -0.467 e. The highest BCUT2D eigenvalue weighted by molar-refractivity contribution is 7.22. The van der Waals surface area contributed by atoms with Gasteiger partial charge in [0, 0.05) is 0 Å². The number of thiazole rings is 1. The molecule has 0 saturated heterocycles. The number of hydrogen-bond donors (Lipinski definition) is 0. The number of nitrogens with zero attached hydrogens (tertiary/aromatic N) is 2. The van der Waals surface area contributed by atoms with Crippen LogP contribution in [0.3, 0.4) is 0 Å². The summed E-state index contributed by atoms with van der Waals surface area (Å²) in [6.07, 6.45) is 2.94. The summed E-state index contributed by atoms with van der Waals surface area (Å²) in [5, 5.41) is 0.705. The topological polar surface area (TPSA) is 46.3 Å². The molecule has 5 heteroatoms. The van der Waals surface area contributed by atoms with E-state index in [0.717, 1.165) is 28.0 Å². The zero-order chi connectivity index (χ0) is 19.5. The Labute approximate surface area is 168 Å². The third-order valence-electron chi connectivity index (χ3n) is 4.75. The van der Waals surface area contributed by atoms with Gasteiger partial charge in [0.15, 0.2) is 5.13 Å². The lowest BCUT2D eigenvalue weighted by Crippen LogP contribution is -2.31. The van der Waals surface area contributed by atoms with Crippen LogP contribution in [0.2, 0.25) is 0 Å². The quantitative estimate of drug-likeness (QED) is 0.434. The van der Waals surface area contributed by atoms with Crippen molar-refractivity contribution >= 4 is 32.6 Å². The summed E-state index contributed by atoms with van der Waals surface area (Å²) in [6.45, 7) is 4.55. The van der Waals surface area contributed by atoms with E-state index in [-0.39, 0.29) is 5.91 Å². The van der Waals surface area contributed by atoms with Crippen LogP contribution in [0.5, 0.6) is 0 Å². The Morgan fingerprint density at radius 3 is 2.61 bits per heavy atom. The number of furan rings is 1. The molecule has 28 heavy (non-hydrogen) atoms. The third kappa shape index (κ3) is 3.99. The summed E-state index contributed by atoms with van der Waals surface area (Å²) in [5.41, 5.74) is 4.37. The summed E-state index contributed by atoms with van der Waals surface area (Å²) in [5.74, 6) is 0.751. The fourth-order valence-corrected chi connectivity index (χ4v) is 4.13. The van der Waals surface area contributed by atoms with Gasteiger partial charge >= 0.3 is 0 Å². The fourth-order valence-electron chi connectivity index (χ4n) is 3.09. The first-order chi connectivity index (χ1) is 13.6. The lowest BCUT2D eigenvalue weighted by Gasteiger charge is -2.18. The van der Waals surface area contributed by atoms with E-state index >= 15 is 0 Å². The number of amides is 1. The van der Waals surface area contributed by atoms with E-state index in [1.807, 2.05) is 49.4 Å². The highest BCUT2D eigenvalue weighted by atomic mass is 32.1. The Balaban J connectivity index is 1.66. The number of aromatic nitrogens is 1. The van der Waals surface area contributed by atoms with Crippen molar-refractivity contribution in [2.45, 2.75) is 33.2 Å². The SMILES string of the molecule is CCc1ccc2nc(N(Cc3ccco3)C(=O)Cc3ccc(C)cc3)sc2c1. The van der Waals surface area contributed by atoms with Gasteiger partial charge in [0.25, 0.3) is 0 Å². The third-order valence-corrected chi connectivity index (χ3v) is 5.79. The molecule has 0 atom stereocenters. The summed E-state index contributed by atoms with van der Waals surface area (Å²) >= 11 is 1.55. The fraction of sp³-hybridized carbons (Fsp3) is 0.217. The predicted octanol–water partition coefficient (Wildman–Crippen LogP) is 5.54. The van der Waals surface area contributed by atoms with Gasteiger partial charge in [0.2, 0.25) is 5.91 Å². The standard InChI is InChI=1S/C23H22N2O2S/c1-3-17-10-11-20-21(13-17)28-23(24-20)25(15-19-5-4-12-27-19)22(26)14-18-8-6-16(2)7-9-18/h4-13H,3,14-15H2,1-2H3. The van der Waals surface area contributed by atoms with Crippen LogP contribution < -0.4 is 4.90 Å². The first-order valence-electron chi connectivity index (χ1n) is 9.40. The van der Waals surface area contributed by atoms with Crippen LogP contribution in [0.15, 0.2) is 65.3 Å². The summed E-state index contributed by atoms with van der Waals surface area (Å²) in [4.78, 5) is 19.6. The molecule has 0 fully saturated rings. The number of aryl methyl sites for hydroxylation is 2. The number of anilines is 1. The second-order valence-electron chi connectivity index (χ2n) is 6.87. The normalized spacial score (nSPS) is 11.1.